The number of aryl methyl sites for hydroxylation is 1. The number of aromatic nitrogens is 1. The third kappa shape index (κ3) is 3.85. The predicted octanol–water partition coefficient (Wildman–Crippen LogP) is 2.55. The first kappa shape index (κ1) is 15.6. The maximum absolute atomic E-state index is 12.0. The highest BCUT2D eigenvalue weighted by Crippen LogP contribution is 2.22. The number of nitrogens with one attached hydrogen (secondary N) is 2. The molecule has 21 heavy (non-hydrogen) atoms. The van der Waals surface area contributed by atoms with Crippen molar-refractivity contribution < 1.29 is 9.90 Å². The van der Waals surface area contributed by atoms with Gasteiger partial charge >= 0.3 is 0 Å². The second kappa shape index (κ2) is 7.27. The zero-order chi connectivity index (χ0) is 15.2. The minimum atomic E-state index is -0.328. The molecule has 4 heteroatoms. The molecule has 1 unspecified atom stereocenters. The summed E-state index contributed by atoms with van der Waals surface area (Å²) in [7, 11) is 0. The third-order valence-electron chi connectivity index (χ3n) is 3.89. The number of carbonyl (C=O) groups excluding carboxylic acids is 1. The fraction of sp³-hybridized carbons (Fsp3) is 0.471. The number of hydrogen-bond donors (Lipinski definition) is 3. The highest BCUT2D eigenvalue weighted by molar-refractivity contribution is 5.90. The van der Waals surface area contributed by atoms with E-state index < -0.39 is 0 Å². The summed E-state index contributed by atoms with van der Waals surface area (Å²) in [5.41, 5.74) is 3.42. The summed E-state index contributed by atoms with van der Waals surface area (Å²) in [5, 5.41) is 13.5. The van der Waals surface area contributed by atoms with Crippen LogP contribution in [-0.4, -0.2) is 28.6 Å². The standard InChI is InChI=1S/C17H24N2O2/c1-3-12-6-5-7-15-13(11-19-17(12)15)10-16(21)18-9-8-14(20)4-2/h5-7,11,14,19-20H,3-4,8-10H2,1-2H3,(H,18,21). The highest BCUT2D eigenvalue weighted by Gasteiger charge is 2.10. The first-order chi connectivity index (χ1) is 10.2. The molecule has 0 spiro atoms. The number of carbonyl (C=O) groups is 1. The molecule has 3 N–H and O–H groups in total. The summed E-state index contributed by atoms with van der Waals surface area (Å²) in [6.45, 7) is 4.58. The zero-order valence-electron chi connectivity index (χ0n) is 12.8. The SMILES string of the molecule is CCc1cccc2c(CC(=O)NCCC(O)CC)c[nH]c12. The van der Waals surface area contributed by atoms with Crippen LogP contribution in [0.2, 0.25) is 0 Å². The summed E-state index contributed by atoms with van der Waals surface area (Å²) in [5.74, 6) is 0.00102. The lowest BCUT2D eigenvalue weighted by atomic mass is 10.1. The fourth-order valence-corrected chi connectivity index (χ4v) is 2.53. The topological polar surface area (TPSA) is 65.1 Å². The van der Waals surface area contributed by atoms with Gasteiger partial charge in [0.15, 0.2) is 0 Å². The molecule has 2 rings (SSSR count). The van der Waals surface area contributed by atoms with E-state index in [0.717, 1.165) is 29.3 Å². The van der Waals surface area contributed by atoms with Crippen LogP contribution in [0.15, 0.2) is 24.4 Å². The molecular weight excluding hydrogens is 264 g/mol. The Kier molecular flexibility index (Phi) is 5.39. The van der Waals surface area contributed by atoms with Gasteiger partial charge in [0, 0.05) is 23.6 Å². The number of aliphatic hydroxyl groups excluding tert-OH is 1. The molecule has 0 fully saturated rings. The van der Waals surface area contributed by atoms with E-state index in [9.17, 15) is 9.90 Å². The highest BCUT2D eigenvalue weighted by atomic mass is 16.3. The Bertz CT molecular complexity index is 604. The summed E-state index contributed by atoms with van der Waals surface area (Å²) in [6.07, 6.45) is 4.26. The van der Waals surface area contributed by atoms with Crippen molar-refractivity contribution in [2.45, 2.75) is 45.6 Å². The number of hydrogen-bond acceptors (Lipinski definition) is 2. The Labute approximate surface area is 125 Å². The largest absolute Gasteiger partial charge is 0.393 e. The number of rotatable bonds is 7. The lowest BCUT2D eigenvalue weighted by Gasteiger charge is -2.08. The van der Waals surface area contributed by atoms with Crippen LogP contribution in [0.1, 0.15) is 37.8 Å². The van der Waals surface area contributed by atoms with Gasteiger partial charge in [-0.3, -0.25) is 4.79 Å². The number of para-hydroxylation sites is 1. The fourth-order valence-electron chi connectivity index (χ4n) is 2.53. The first-order valence-corrected chi connectivity index (χ1v) is 7.68. The number of amides is 1. The molecule has 0 saturated heterocycles. The second-order valence-corrected chi connectivity index (χ2v) is 5.38. The number of aromatic amines is 1. The maximum Gasteiger partial charge on any atom is 0.224 e. The van der Waals surface area contributed by atoms with Crippen LogP contribution in [0.25, 0.3) is 10.9 Å². The van der Waals surface area contributed by atoms with Crippen molar-refractivity contribution in [2.75, 3.05) is 6.54 Å². The molecule has 1 heterocycles. The number of aliphatic hydroxyl groups is 1. The maximum atomic E-state index is 12.0. The predicted molar refractivity (Wildman–Crippen MR) is 85.3 cm³/mol. The Balaban J connectivity index is 1.98. The quantitative estimate of drug-likeness (QED) is 0.733. The van der Waals surface area contributed by atoms with Crippen molar-refractivity contribution >= 4 is 16.8 Å². The van der Waals surface area contributed by atoms with E-state index in [0.29, 0.717) is 19.4 Å². The van der Waals surface area contributed by atoms with Gasteiger partial charge in [0.25, 0.3) is 0 Å². The third-order valence-corrected chi connectivity index (χ3v) is 3.89. The van der Waals surface area contributed by atoms with Crippen molar-refractivity contribution in [1.82, 2.24) is 10.3 Å². The van der Waals surface area contributed by atoms with Crippen LogP contribution >= 0.6 is 0 Å². The minimum Gasteiger partial charge on any atom is -0.393 e. The van der Waals surface area contributed by atoms with Gasteiger partial charge in [-0.05, 0) is 30.4 Å². The molecule has 0 aliphatic rings. The van der Waals surface area contributed by atoms with E-state index in [2.05, 4.69) is 29.4 Å². The molecule has 1 atom stereocenters. The number of benzene rings is 1. The minimum absolute atomic E-state index is 0.00102. The molecule has 4 nitrogen and oxygen atoms in total. The summed E-state index contributed by atoms with van der Waals surface area (Å²) < 4.78 is 0. The number of H-pyrrole nitrogens is 1. The zero-order valence-corrected chi connectivity index (χ0v) is 12.8. The van der Waals surface area contributed by atoms with Gasteiger partial charge in [-0.15, -0.1) is 0 Å². The smallest absolute Gasteiger partial charge is 0.224 e. The summed E-state index contributed by atoms with van der Waals surface area (Å²) >= 11 is 0. The molecule has 2 aromatic rings. The van der Waals surface area contributed by atoms with E-state index in [1.165, 1.54) is 5.56 Å². The second-order valence-electron chi connectivity index (χ2n) is 5.38. The van der Waals surface area contributed by atoms with Crippen LogP contribution in [-0.2, 0) is 17.6 Å². The molecule has 0 aliphatic heterocycles. The van der Waals surface area contributed by atoms with E-state index in [1.54, 1.807) is 0 Å². The Morgan fingerprint density at radius 1 is 1.33 bits per heavy atom. The molecule has 1 aromatic carbocycles. The van der Waals surface area contributed by atoms with Crippen molar-refractivity contribution in [1.29, 1.82) is 0 Å². The Hall–Kier alpha value is -1.81. The Morgan fingerprint density at radius 2 is 2.14 bits per heavy atom. The van der Waals surface area contributed by atoms with Crippen LogP contribution < -0.4 is 5.32 Å². The van der Waals surface area contributed by atoms with Gasteiger partial charge in [0.2, 0.25) is 5.91 Å². The van der Waals surface area contributed by atoms with Gasteiger partial charge in [-0.25, -0.2) is 0 Å². The van der Waals surface area contributed by atoms with E-state index in [1.807, 2.05) is 19.2 Å². The molecular formula is C17H24N2O2. The van der Waals surface area contributed by atoms with Crippen LogP contribution in [0.5, 0.6) is 0 Å². The molecule has 114 valence electrons. The van der Waals surface area contributed by atoms with E-state index in [4.69, 9.17) is 0 Å². The van der Waals surface area contributed by atoms with Gasteiger partial charge in [0.05, 0.1) is 12.5 Å². The average molecular weight is 288 g/mol. The molecule has 0 aliphatic carbocycles. The van der Waals surface area contributed by atoms with Crippen LogP contribution in [0, 0.1) is 0 Å². The first-order valence-electron chi connectivity index (χ1n) is 7.68. The average Bonchev–Trinajstić information content (AvgIpc) is 2.90. The molecule has 1 amide bonds. The van der Waals surface area contributed by atoms with Gasteiger partial charge in [0.1, 0.15) is 0 Å². The van der Waals surface area contributed by atoms with E-state index in [-0.39, 0.29) is 12.0 Å². The molecule has 0 bridgehead atoms. The lowest BCUT2D eigenvalue weighted by Crippen LogP contribution is -2.28. The molecule has 0 radical (unpaired) electrons. The monoisotopic (exact) mass is 288 g/mol. The molecule has 1 aromatic heterocycles. The lowest BCUT2D eigenvalue weighted by molar-refractivity contribution is -0.120. The summed E-state index contributed by atoms with van der Waals surface area (Å²) in [4.78, 5) is 15.2. The van der Waals surface area contributed by atoms with Gasteiger partial charge < -0.3 is 15.4 Å². The van der Waals surface area contributed by atoms with E-state index >= 15 is 0 Å². The summed E-state index contributed by atoms with van der Waals surface area (Å²) in [6, 6.07) is 6.19. The van der Waals surface area contributed by atoms with Crippen LogP contribution in [0.3, 0.4) is 0 Å². The van der Waals surface area contributed by atoms with Gasteiger partial charge in [-0.1, -0.05) is 32.0 Å². The van der Waals surface area contributed by atoms with Crippen molar-refractivity contribution in [2.24, 2.45) is 0 Å². The van der Waals surface area contributed by atoms with Crippen molar-refractivity contribution in [3.05, 3.63) is 35.5 Å². The normalized spacial score (nSPS) is 12.5. The number of fused-ring (bicyclic) bond motifs is 1. The van der Waals surface area contributed by atoms with Crippen molar-refractivity contribution in [3.63, 3.8) is 0 Å². The van der Waals surface area contributed by atoms with Crippen LogP contribution in [0.4, 0.5) is 0 Å². The van der Waals surface area contributed by atoms with Gasteiger partial charge in [-0.2, -0.15) is 0 Å². The van der Waals surface area contributed by atoms with Crippen molar-refractivity contribution in [3.8, 4) is 0 Å². The molecule has 0 saturated carbocycles. The Morgan fingerprint density at radius 3 is 2.86 bits per heavy atom.